The van der Waals surface area contributed by atoms with E-state index in [9.17, 15) is 9.18 Å². The van der Waals surface area contributed by atoms with E-state index in [1.54, 1.807) is 43.8 Å². The number of esters is 1. The van der Waals surface area contributed by atoms with Crippen LogP contribution in [-0.4, -0.2) is 28.0 Å². The number of carbonyl (C=O) groups is 1. The number of carbonyl (C=O) groups excluding carboxylic acids is 1. The van der Waals surface area contributed by atoms with Crippen molar-refractivity contribution in [1.29, 1.82) is 0 Å². The highest BCUT2D eigenvalue weighted by Crippen LogP contribution is 2.93. The van der Waals surface area contributed by atoms with Crippen LogP contribution in [0.3, 0.4) is 0 Å². The average Bonchev–Trinajstić information content (AvgIpc) is 3.66. The first-order valence-electron chi connectivity index (χ1n) is 11.5. The van der Waals surface area contributed by atoms with Gasteiger partial charge in [-0.2, -0.15) is 13.5 Å². The van der Waals surface area contributed by atoms with Crippen LogP contribution in [-0.2, 0) is 4.74 Å². The van der Waals surface area contributed by atoms with E-state index in [1.807, 2.05) is 13.8 Å². The van der Waals surface area contributed by atoms with Crippen LogP contribution in [0.2, 0.25) is 0 Å². The van der Waals surface area contributed by atoms with Gasteiger partial charge in [0.2, 0.25) is 5.88 Å². The Balaban J connectivity index is 0.000000938. The molecule has 3 aliphatic carbocycles. The summed E-state index contributed by atoms with van der Waals surface area (Å²) < 4.78 is 27.1. The van der Waals surface area contributed by atoms with Crippen molar-refractivity contribution < 1.29 is 18.7 Å². The maximum atomic E-state index is 14.5. The van der Waals surface area contributed by atoms with Crippen LogP contribution in [0.5, 0.6) is 5.88 Å². The predicted octanol–water partition coefficient (Wildman–Crippen LogP) is 6.06. The molecule has 0 bridgehead atoms. The molecule has 1 aromatic carbocycles. The molecule has 2 spiro atoms. The van der Waals surface area contributed by atoms with Gasteiger partial charge in [0.05, 0.1) is 17.9 Å². The van der Waals surface area contributed by atoms with E-state index in [1.165, 1.54) is 37.8 Å². The third kappa shape index (κ3) is 4.41. The smallest absolute Gasteiger partial charge is 0.341 e. The van der Waals surface area contributed by atoms with Crippen LogP contribution >= 0.6 is 13.5 Å². The van der Waals surface area contributed by atoms with E-state index in [-0.39, 0.29) is 19.1 Å². The zero-order chi connectivity index (χ0) is 22.4. The van der Waals surface area contributed by atoms with Gasteiger partial charge in [-0.05, 0) is 81.8 Å². The number of benzene rings is 1. The summed E-state index contributed by atoms with van der Waals surface area (Å²) in [5.74, 6) is 0.0875. The molecule has 1 aromatic heterocycles. The molecule has 2 aromatic rings. The minimum absolute atomic E-state index is 0. The molecule has 0 atom stereocenters. The number of hydrogen-bond donors (Lipinski definition) is 0. The van der Waals surface area contributed by atoms with Gasteiger partial charge in [0, 0.05) is 18.3 Å². The molecule has 3 saturated carbocycles. The second-order valence-electron chi connectivity index (χ2n) is 9.77. The number of rotatable bonds is 6. The summed E-state index contributed by atoms with van der Waals surface area (Å²) >= 11 is 0. The molecule has 0 aliphatic heterocycles. The van der Waals surface area contributed by atoms with Gasteiger partial charge in [0.15, 0.2) is 0 Å². The van der Waals surface area contributed by atoms with Gasteiger partial charge < -0.3 is 9.47 Å². The molecule has 0 amide bonds. The van der Waals surface area contributed by atoms with Crippen LogP contribution < -0.4 is 4.74 Å². The van der Waals surface area contributed by atoms with Gasteiger partial charge in [-0.1, -0.05) is 13.8 Å². The minimum atomic E-state index is -0.673. The van der Waals surface area contributed by atoms with E-state index < -0.39 is 17.4 Å². The molecule has 0 saturated heterocycles. The van der Waals surface area contributed by atoms with Crippen molar-refractivity contribution in [2.24, 2.45) is 16.7 Å². The molecule has 3 fully saturated rings. The Morgan fingerprint density at radius 2 is 1.78 bits per heavy atom. The fourth-order valence-electron chi connectivity index (χ4n) is 5.31. The number of fused-ring (bicyclic) bond motifs is 1. The molecule has 5 rings (SSSR count). The summed E-state index contributed by atoms with van der Waals surface area (Å²) in [4.78, 5) is 12.1. The highest BCUT2D eigenvalue weighted by Gasteiger charge is 2.85. The Morgan fingerprint density at radius 1 is 1.16 bits per heavy atom. The van der Waals surface area contributed by atoms with Gasteiger partial charge in [0.25, 0.3) is 0 Å². The fourth-order valence-corrected chi connectivity index (χ4v) is 5.31. The third-order valence-corrected chi connectivity index (χ3v) is 6.88. The molecule has 3 aliphatic rings. The van der Waals surface area contributed by atoms with Crippen molar-refractivity contribution in [3.63, 3.8) is 0 Å². The lowest BCUT2D eigenvalue weighted by molar-refractivity contribution is 0.00647. The Labute approximate surface area is 197 Å². The number of ether oxygens (including phenoxy) is 2. The van der Waals surface area contributed by atoms with Crippen LogP contribution in [0.25, 0.3) is 5.69 Å². The SMILES string of the molecule is CC.CC(C)(C)OC(=O)c1ccc(-n2ccc(OCCC3C4(CC4)C34CC4)n2)cc1F.S. The van der Waals surface area contributed by atoms with Crippen LogP contribution in [0, 0.1) is 22.6 Å². The number of nitrogens with zero attached hydrogens (tertiary/aromatic N) is 2. The van der Waals surface area contributed by atoms with Gasteiger partial charge in [0.1, 0.15) is 11.4 Å². The Hall–Kier alpha value is -2.02. The van der Waals surface area contributed by atoms with Crippen molar-refractivity contribution in [2.75, 3.05) is 6.61 Å². The Morgan fingerprint density at radius 3 is 2.31 bits per heavy atom. The Bertz CT molecular complexity index is 956. The van der Waals surface area contributed by atoms with E-state index >= 15 is 0 Å². The molecule has 0 radical (unpaired) electrons. The first kappa shape index (κ1) is 24.6. The maximum absolute atomic E-state index is 14.5. The molecule has 32 heavy (non-hydrogen) atoms. The van der Waals surface area contributed by atoms with Crippen molar-refractivity contribution in [3.05, 3.63) is 41.8 Å². The second-order valence-corrected chi connectivity index (χ2v) is 9.77. The lowest BCUT2D eigenvalue weighted by atomic mass is 10.1. The largest absolute Gasteiger partial charge is 0.477 e. The van der Waals surface area contributed by atoms with E-state index in [0.29, 0.717) is 29.0 Å². The summed E-state index contributed by atoms with van der Waals surface area (Å²) in [6, 6.07) is 6.15. The molecule has 5 nitrogen and oxygen atoms in total. The Kier molecular flexibility index (Phi) is 6.72. The van der Waals surface area contributed by atoms with Crippen molar-refractivity contribution in [3.8, 4) is 11.6 Å². The minimum Gasteiger partial charge on any atom is -0.477 e. The first-order valence-corrected chi connectivity index (χ1v) is 11.5. The normalized spacial score (nSPS) is 18.9. The first-order chi connectivity index (χ1) is 14.7. The van der Waals surface area contributed by atoms with E-state index in [2.05, 4.69) is 5.10 Å². The molecule has 176 valence electrons. The van der Waals surface area contributed by atoms with Crippen LogP contribution in [0.4, 0.5) is 4.39 Å². The standard InChI is InChI=1S/C23H27FN2O3.C2H6.H2S/c1-21(2,3)29-20(27)16-5-4-15(14-17(16)24)26-12-6-19(25-26)28-13-7-18-22(8-9-22)23(18)10-11-23;1-2;/h4-6,12,14,18H,7-11,13H2,1-3H3;1-2H3;1H2. The summed E-state index contributed by atoms with van der Waals surface area (Å²) in [6.07, 6.45) is 8.49. The summed E-state index contributed by atoms with van der Waals surface area (Å²) in [7, 11) is 0. The molecular weight excluding hydrogens is 427 g/mol. The van der Waals surface area contributed by atoms with Crippen LogP contribution in [0.15, 0.2) is 30.5 Å². The van der Waals surface area contributed by atoms with E-state index in [4.69, 9.17) is 9.47 Å². The lowest BCUT2D eigenvalue weighted by Gasteiger charge is -2.19. The van der Waals surface area contributed by atoms with E-state index in [0.717, 1.165) is 12.3 Å². The molecular formula is C25H35FN2O3S. The summed E-state index contributed by atoms with van der Waals surface area (Å²) in [5, 5.41) is 4.39. The number of halogens is 1. The second kappa shape index (κ2) is 8.73. The van der Waals surface area contributed by atoms with Crippen molar-refractivity contribution in [2.45, 2.75) is 72.3 Å². The van der Waals surface area contributed by atoms with Crippen LogP contribution in [0.1, 0.15) is 77.1 Å². The predicted molar refractivity (Wildman–Crippen MR) is 127 cm³/mol. The third-order valence-electron chi connectivity index (χ3n) is 6.88. The molecule has 7 heteroatoms. The molecule has 1 heterocycles. The zero-order valence-corrected chi connectivity index (χ0v) is 20.7. The topological polar surface area (TPSA) is 53.4 Å². The monoisotopic (exact) mass is 462 g/mol. The molecule has 0 N–H and O–H groups in total. The highest BCUT2D eigenvalue weighted by molar-refractivity contribution is 7.59. The zero-order valence-electron chi connectivity index (χ0n) is 19.7. The lowest BCUT2D eigenvalue weighted by Crippen LogP contribution is -2.24. The van der Waals surface area contributed by atoms with Gasteiger partial charge in [-0.3, -0.25) is 0 Å². The maximum Gasteiger partial charge on any atom is 0.341 e. The number of aromatic nitrogens is 2. The van der Waals surface area contributed by atoms with Gasteiger partial charge >= 0.3 is 5.97 Å². The quantitative estimate of drug-likeness (QED) is 0.489. The van der Waals surface area contributed by atoms with Gasteiger partial charge in [-0.15, -0.1) is 5.10 Å². The van der Waals surface area contributed by atoms with Crippen molar-refractivity contribution in [1.82, 2.24) is 9.78 Å². The average molecular weight is 463 g/mol. The highest BCUT2D eigenvalue weighted by atomic mass is 32.1. The fraction of sp³-hybridized carbons (Fsp3) is 0.600. The summed E-state index contributed by atoms with van der Waals surface area (Å²) in [6.45, 7) is 9.93. The number of hydrogen-bond acceptors (Lipinski definition) is 4. The molecule has 0 unspecified atom stereocenters. The summed E-state index contributed by atoms with van der Waals surface area (Å²) in [5.41, 5.74) is 1.17. The van der Waals surface area contributed by atoms with Gasteiger partial charge in [-0.25, -0.2) is 13.9 Å². The van der Waals surface area contributed by atoms with Crippen molar-refractivity contribution >= 4 is 19.5 Å².